The molecule has 0 bridgehead atoms. The molecule has 1 saturated carbocycles. The van der Waals surface area contributed by atoms with E-state index >= 15 is 0 Å². The molecule has 1 aromatic carbocycles. The normalized spacial score (nSPS) is 20.1. The molecular formula is C17H22N4O3. The monoisotopic (exact) mass is 330 g/mol. The van der Waals surface area contributed by atoms with Crippen molar-refractivity contribution < 1.29 is 14.7 Å². The predicted molar refractivity (Wildman–Crippen MR) is 89.6 cm³/mol. The predicted octanol–water partition coefficient (Wildman–Crippen LogP) is 1.09. The van der Waals surface area contributed by atoms with Crippen LogP contribution in [0.25, 0.3) is 10.9 Å². The summed E-state index contributed by atoms with van der Waals surface area (Å²) in [5.74, 6) is -0.872. The third-order valence-corrected chi connectivity index (χ3v) is 4.58. The highest BCUT2D eigenvalue weighted by Gasteiger charge is 2.34. The number of rotatable bonds is 7. The number of nitrogens with one attached hydrogen (secondary N) is 1. The van der Waals surface area contributed by atoms with Crippen LogP contribution in [0, 0.1) is 0 Å². The van der Waals surface area contributed by atoms with Crippen LogP contribution in [0.1, 0.15) is 19.8 Å². The van der Waals surface area contributed by atoms with E-state index in [0.717, 1.165) is 23.7 Å². The summed E-state index contributed by atoms with van der Waals surface area (Å²) in [7, 11) is 0. The Bertz CT molecular complexity index is 736. The van der Waals surface area contributed by atoms with Crippen LogP contribution in [0.5, 0.6) is 0 Å². The molecule has 0 aliphatic heterocycles. The molecule has 0 radical (unpaired) electrons. The van der Waals surface area contributed by atoms with Gasteiger partial charge in [0.05, 0.1) is 18.3 Å². The van der Waals surface area contributed by atoms with E-state index in [0.29, 0.717) is 6.54 Å². The number of benzene rings is 1. The molecule has 1 fully saturated rings. The molecule has 3 rings (SSSR count). The summed E-state index contributed by atoms with van der Waals surface area (Å²) in [6.45, 7) is 2.91. The van der Waals surface area contributed by atoms with Gasteiger partial charge in [-0.2, -0.15) is 5.10 Å². The fourth-order valence-corrected chi connectivity index (χ4v) is 3.24. The van der Waals surface area contributed by atoms with E-state index in [9.17, 15) is 9.59 Å². The van der Waals surface area contributed by atoms with Gasteiger partial charge in [0.2, 0.25) is 5.91 Å². The van der Waals surface area contributed by atoms with Crippen LogP contribution >= 0.6 is 0 Å². The summed E-state index contributed by atoms with van der Waals surface area (Å²) < 4.78 is 1.70. The number of carboxylic acid groups (broad SMARTS) is 1. The molecule has 128 valence electrons. The number of aliphatic carboxylic acids is 1. The Morgan fingerprint density at radius 2 is 2.12 bits per heavy atom. The Labute approximate surface area is 140 Å². The van der Waals surface area contributed by atoms with E-state index in [1.54, 1.807) is 10.9 Å². The van der Waals surface area contributed by atoms with Crippen molar-refractivity contribution in [2.75, 3.05) is 13.1 Å². The van der Waals surface area contributed by atoms with Gasteiger partial charge in [0.15, 0.2) is 0 Å². The Morgan fingerprint density at radius 1 is 1.38 bits per heavy atom. The number of amides is 1. The van der Waals surface area contributed by atoms with Crippen LogP contribution in [0.4, 0.5) is 0 Å². The topological polar surface area (TPSA) is 87.5 Å². The highest BCUT2D eigenvalue weighted by Crippen LogP contribution is 2.25. The van der Waals surface area contributed by atoms with Crippen LogP contribution in [-0.4, -0.2) is 56.8 Å². The molecule has 0 saturated heterocycles. The summed E-state index contributed by atoms with van der Waals surface area (Å²) in [6.07, 6.45) is 3.35. The van der Waals surface area contributed by atoms with Gasteiger partial charge in [0.1, 0.15) is 6.54 Å². The molecular weight excluding hydrogens is 308 g/mol. The van der Waals surface area contributed by atoms with Crippen LogP contribution < -0.4 is 5.32 Å². The zero-order valence-corrected chi connectivity index (χ0v) is 13.7. The molecule has 0 spiro atoms. The lowest BCUT2D eigenvalue weighted by atomic mass is 9.85. The van der Waals surface area contributed by atoms with E-state index in [2.05, 4.69) is 10.4 Å². The second-order valence-corrected chi connectivity index (χ2v) is 6.21. The highest BCUT2D eigenvalue weighted by molar-refractivity contribution is 5.82. The van der Waals surface area contributed by atoms with Crippen molar-refractivity contribution in [2.24, 2.45) is 0 Å². The van der Waals surface area contributed by atoms with Crippen LogP contribution in [0.15, 0.2) is 30.5 Å². The van der Waals surface area contributed by atoms with E-state index in [4.69, 9.17) is 5.11 Å². The number of nitrogens with zero attached hydrogens (tertiary/aromatic N) is 3. The minimum Gasteiger partial charge on any atom is -0.480 e. The second-order valence-electron chi connectivity index (χ2n) is 6.21. The summed E-state index contributed by atoms with van der Waals surface area (Å²) in [6, 6.07) is 8.14. The lowest BCUT2D eigenvalue weighted by molar-refractivity contribution is -0.139. The molecule has 1 aliphatic rings. The average Bonchev–Trinajstić information content (AvgIpc) is 2.91. The van der Waals surface area contributed by atoms with Crippen molar-refractivity contribution in [3.8, 4) is 0 Å². The number of hydrogen-bond donors (Lipinski definition) is 2. The van der Waals surface area contributed by atoms with Gasteiger partial charge in [0.25, 0.3) is 0 Å². The highest BCUT2D eigenvalue weighted by atomic mass is 16.4. The second kappa shape index (κ2) is 7.00. The van der Waals surface area contributed by atoms with E-state index in [1.165, 1.54) is 0 Å². The maximum absolute atomic E-state index is 12.2. The maximum Gasteiger partial charge on any atom is 0.317 e. The standard InChI is InChI=1S/C17H22N4O3/c1-2-20(11-17(23)24)14-7-13(8-14)19-16(22)10-21-15-6-4-3-5-12(15)9-18-21/h3-6,9,13-14H,2,7-8,10-11H2,1H3,(H,19,22)(H,23,24). The van der Waals surface area contributed by atoms with Crippen LogP contribution in [-0.2, 0) is 16.1 Å². The van der Waals surface area contributed by atoms with Crippen molar-refractivity contribution in [3.05, 3.63) is 30.5 Å². The molecule has 1 aromatic heterocycles. The minimum absolute atomic E-state index is 0.0567. The Morgan fingerprint density at radius 3 is 2.83 bits per heavy atom. The summed E-state index contributed by atoms with van der Waals surface area (Å²) >= 11 is 0. The van der Waals surface area contributed by atoms with Gasteiger partial charge in [-0.25, -0.2) is 0 Å². The molecule has 1 heterocycles. The van der Waals surface area contributed by atoms with Crippen molar-refractivity contribution >= 4 is 22.8 Å². The average molecular weight is 330 g/mol. The first-order valence-electron chi connectivity index (χ1n) is 8.22. The van der Waals surface area contributed by atoms with Crippen molar-refractivity contribution in [2.45, 2.75) is 38.4 Å². The summed E-state index contributed by atoms with van der Waals surface area (Å²) in [5.41, 5.74) is 0.942. The summed E-state index contributed by atoms with van der Waals surface area (Å²) in [5, 5.41) is 17.2. The number of likely N-dealkylation sites (N-methyl/N-ethyl adjacent to an activating group) is 1. The number of aromatic nitrogens is 2. The number of fused-ring (bicyclic) bond motifs is 1. The van der Waals surface area contributed by atoms with E-state index < -0.39 is 5.97 Å². The number of para-hydroxylation sites is 1. The SMILES string of the molecule is CCN(CC(=O)O)C1CC(NC(=O)Cn2ncc3ccccc32)C1. The molecule has 7 heteroatoms. The van der Waals surface area contributed by atoms with E-state index in [-0.39, 0.29) is 31.1 Å². The minimum atomic E-state index is -0.810. The van der Waals surface area contributed by atoms with E-state index in [1.807, 2.05) is 36.1 Å². The van der Waals surface area contributed by atoms with Crippen LogP contribution in [0.3, 0.4) is 0 Å². The molecule has 2 N–H and O–H groups in total. The van der Waals surface area contributed by atoms with Crippen molar-refractivity contribution in [1.29, 1.82) is 0 Å². The van der Waals surface area contributed by atoms with Gasteiger partial charge >= 0.3 is 5.97 Å². The number of carbonyl (C=O) groups is 2. The first-order chi connectivity index (χ1) is 11.6. The smallest absolute Gasteiger partial charge is 0.317 e. The lowest BCUT2D eigenvalue weighted by Crippen LogP contribution is -2.55. The van der Waals surface area contributed by atoms with Gasteiger partial charge < -0.3 is 10.4 Å². The Kier molecular flexibility index (Phi) is 4.80. The molecule has 1 aliphatic carbocycles. The van der Waals surface area contributed by atoms with Gasteiger partial charge in [0, 0.05) is 17.5 Å². The zero-order chi connectivity index (χ0) is 17.1. The van der Waals surface area contributed by atoms with Crippen molar-refractivity contribution in [3.63, 3.8) is 0 Å². The van der Waals surface area contributed by atoms with Gasteiger partial charge in [-0.05, 0) is 25.5 Å². The fourth-order valence-electron chi connectivity index (χ4n) is 3.24. The van der Waals surface area contributed by atoms with Gasteiger partial charge in [-0.15, -0.1) is 0 Å². The van der Waals surface area contributed by atoms with Crippen LogP contribution in [0.2, 0.25) is 0 Å². The Balaban J connectivity index is 1.49. The Hall–Kier alpha value is -2.41. The third-order valence-electron chi connectivity index (χ3n) is 4.58. The first kappa shape index (κ1) is 16.4. The zero-order valence-electron chi connectivity index (χ0n) is 13.7. The molecule has 7 nitrogen and oxygen atoms in total. The summed E-state index contributed by atoms with van der Waals surface area (Å²) in [4.78, 5) is 25.0. The molecule has 2 aromatic rings. The molecule has 1 amide bonds. The van der Waals surface area contributed by atoms with Crippen molar-refractivity contribution in [1.82, 2.24) is 20.0 Å². The fraction of sp³-hybridized carbons (Fsp3) is 0.471. The molecule has 24 heavy (non-hydrogen) atoms. The lowest BCUT2D eigenvalue weighted by Gasteiger charge is -2.42. The van der Waals surface area contributed by atoms with Gasteiger partial charge in [-0.3, -0.25) is 19.2 Å². The third kappa shape index (κ3) is 3.56. The maximum atomic E-state index is 12.2. The molecule has 0 unspecified atom stereocenters. The number of hydrogen-bond acceptors (Lipinski definition) is 4. The largest absolute Gasteiger partial charge is 0.480 e. The van der Waals surface area contributed by atoms with Gasteiger partial charge in [-0.1, -0.05) is 25.1 Å². The molecule has 0 atom stereocenters. The number of carboxylic acids is 1. The first-order valence-corrected chi connectivity index (χ1v) is 8.22. The number of carbonyl (C=O) groups excluding carboxylic acids is 1. The quantitative estimate of drug-likeness (QED) is 0.793.